The zero-order chi connectivity index (χ0) is 31.4. The van der Waals surface area contributed by atoms with Crippen LogP contribution < -0.4 is 0 Å². The fourth-order valence-electron chi connectivity index (χ4n) is 4.58. The number of carbonyl (C=O) groups is 1. The van der Waals surface area contributed by atoms with E-state index in [1.807, 2.05) is 97.9 Å². The molecule has 2 atom stereocenters. The maximum atomic E-state index is 12.3. The second kappa shape index (κ2) is 14.2. The smallest absolute Gasteiger partial charge is 0.339 e. The number of esters is 1. The number of hydrogen-bond acceptors (Lipinski definition) is 7. The van der Waals surface area contributed by atoms with Gasteiger partial charge in [0.05, 0.1) is 36.0 Å². The Hall–Kier alpha value is -1.93. The number of rotatable bonds is 6. The highest BCUT2D eigenvalue weighted by molar-refractivity contribution is 14.1. The normalized spacial score (nSPS) is 13.4. The number of methoxy groups -OCH3 is 1. The molecular formula is C33H40I2N2O5. The topological polar surface area (TPSA) is 90.8 Å². The molecule has 0 aliphatic heterocycles. The van der Waals surface area contributed by atoms with Crippen LogP contribution in [0, 0.1) is 21.0 Å². The van der Waals surface area contributed by atoms with Crippen LogP contribution in [-0.4, -0.2) is 46.0 Å². The summed E-state index contributed by atoms with van der Waals surface area (Å²) < 4.78 is 19.0. The summed E-state index contributed by atoms with van der Waals surface area (Å²) in [7, 11) is 1.37. The van der Waals surface area contributed by atoms with Gasteiger partial charge in [-0.2, -0.15) is 0 Å². The maximum absolute atomic E-state index is 12.3. The summed E-state index contributed by atoms with van der Waals surface area (Å²) in [4.78, 5) is 21.5. The van der Waals surface area contributed by atoms with Crippen LogP contribution in [0.5, 0.6) is 0 Å². The Morgan fingerprint density at radius 2 is 1.21 bits per heavy atom. The molecule has 0 unspecified atom stereocenters. The van der Waals surface area contributed by atoms with Crippen molar-refractivity contribution in [1.82, 2.24) is 9.97 Å². The first kappa shape index (κ1) is 34.6. The molecule has 0 saturated carbocycles. The largest absolute Gasteiger partial charge is 0.467 e. The van der Waals surface area contributed by atoms with E-state index in [9.17, 15) is 9.90 Å². The van der Waals surface area contributed by atoms with Crippen LogP contribution >= 0.6 is 45.2 Å². The first-order valence-electron chi connectivity index (χ1n) is 13.7. The van der Waals surface area contributed by atoms with Crippen molar-refractivity contribution in [1.29, 1.82) is 0 Å². The molecule has 0 spiro atoms. The highest BCUT2D eigenvalue weighted by Gasteiger charge is 2.32. The zero-order valence-corrected chi connectivity index (χ0v) is 30.0. The molecule has 0 radical (unpaired) electrons. The van der Waals surface area contributed by atoms with Gasteiger partial charge in [0.2, 0.25) is 0 Å². The Bertz CT molecular complexity index is 1560. The third-order valence-corrected chi connectivity index (χ3v) is 8.57. The van der Waals surface area contributed by atoms with Gasteiger partial charge in [-0.1, -0.05) is 36.4 Å². The molecule has 1 N–H and O–H groups in total. The summed E-state index contributed by atoms with van der Waals surface area (Å²) in [5.74, 6) is -0.409. The van der Waals surface area contributed by atoms with Crippen molar-refractivity contribution in [3.63, 3.8) is 0 Å². The Labute approximate surface area is 276 Å². The predicted octanol–water partition coefficient (Wildman–Crippen LogP) is 8.17. The Balaban J connectivity index is 0.000000231. The van der Waals surface area contributed by atoms with E-state index >= 15 is 0 Å². The Morgan fingerprint density at radius 3 is 1.64 bits per heavy atom. The van der Waals surface area contributed by atoms with Gasteiger partial charge in [0.25, 0.3) is 0 Å². The average molecular weight is 798 g/mol. The number of aryl methyl sites for hydroxylation is 2. The van der Waals surface area contributed by atoms with E-state index in [2.05, 4.69) is 61.2 Å². The van der Waals surface area contributed by atoms with E-state index < -0.39 is 17.7 Å². The number of halogens is 2. The van der Waals surface area contributed by atoms with Crippen LogP contribution in [0.15, 0.2) is 48.5 Å². The van der Waals surface area contributed by atoms with Crippen LogP contribution in [0.4, 0.5) is 0 Å². The van der Waals surface area contributed by atoms with Crippen LogP contribution in [0.1, 0.15) is 76.3 Å². The molecule has 0 bridgehead atoms. The lowest BCUT2D eigenvalue weighted by molar-refractivity contribution is -0.164. The minimum atomic E-state index is -0.783. The fraction of sp³-hybridized carbons (Fsp3) is 0.424. The van der Waals surface area contributed by atoms with E-state index in [1.165, 1.54) is 7.11 Å². The minimum absolute atomic E-state index is 0.0475. The van der Waals surface area contributed by atoms with Gasteiger partial charge in [-0.15, -0.1) is 0 Å². The lowest BCUT2D eigenvalue weighted by Gasteiger charge is -2.28. The molecule has 2 aromatic carbocycles. The fourth-order valence-corrected chi connectivity index (χ4v) is 6.90. The Morgan fingerprint density at radius 1 is 0.786 bits per heavy atom. The number of nitrogens with zero attached hydrogens (tertiary/aromatic N) is 2. The molecular weight excluding hydrogens is 758 g/mol. The summed E-state index contributed by atoms with van der Waals surface area (Å²) >= 11 is 4.58. The van der Waals surface area contributed by atoms with Crippen molar-refractivity contribution in [2.45, 2.75) is 78.8 Å². The summed E-state index contributed by atoms with van der Waals surface area (Å²) in [6.45, 7) is 15.5. The summed E-state index contributed by atoms with van der Waals surface area (Å²) in [5.41, 5.74) is 4.56. The number of pyridine rings is 2. The number of para-hydroxylation sites is 2. The number of benzene rings is 2. The molecule has 9 heteroatoms. The second-order valence-corrected chi connectivity index (χ2v) is 14.1. The average Bonchev–Trinajstić information content (AvgIpc) is 2.90. The van der Waals surface area contributed by atoms with E-state index in [-0.39, 0.29) is 18.3 Å². The molecule has 226 valence electrons. The number of fused-ring (bicyclic) bond motifs is 2. The summed E-state index contributed by atoms with van der Waals surface area (Å²) in [5, 5.41) is 11.8. The molecule has 7 nitrogen and oxygen atoms in total. The van der Waals surface area contributed by atoms with Crippen molar-refractivity contribution in [3.05, 3.63) is 78.2 Å². The van der Waals surface area contributed by atoms with E-state index in [0.717, 1.165) is 51.5 Å². The van der Waals surface area contributed by atoms with E-state index in [1.54, 1.807) is 0 Å². The van der Waals surface area contributed by atoms with Crippen molar-refractivity contribution < 1.29 is 24.1 Å². The van der Waals surface area contributed by atoms with Gasteiger partial charge < -0.3 is 19.3 Å². The molecule has 0 saturated heterocycles. The van der Waals surface area contributed by atoms with Crippen LogP contribution in [0.25, 0.3) is 21.8 Å². The van der Waals surface area contributed by atoms with Gasteiger partial charge in [0.1, 0.15) is 6.10 Å². The third-order valence-electron chi connectivity index (χ3n) is 6.24. The second-order valence-electron chi connectivity index (χ2n) is 11.9. The predicted molar refractivity (Wildman–Crippen MR) is 185 cm³/mol. The van der Waals surface area contributed by atoms with Crippen molar-refractivity contribution in [2.24, 2.45) is 0 Å². The third kappa shape index (κ3) is 8.58. The van der Waals surface area contributed by atoms with Gasteiger partial charge >= 0.3 is 5.97 Å². The molecule has 2 aromatic heterocycles. The number of aliphatic hydroxyl groups excluding tert-OH is 1. The van der Waals surface area contributed by atoms with Crippen molar-refractivity contribution >= 4 is 73.0 Å². The van der Waals surface area contributed by atoms with Gasteiger partial charge in [-0.3, -0.25) is 9.97 Å². The number of hydrogen-bond donors (Lipinski definition) is 1. The van der Waals surface area contributed by atoms with Crippen molar-refractivity contribution in [3.8, 4) is 0 Å². The van der Waals surface area contributed by atoms with Crippen LogP contribution in [0.2, 0.25) is 0 Å². The first-order chi connectivity index (χ1) is 19.6. The standard InChI is InChI=1S/C17H20INO3.C16H20INO2/c1-10-13(15(16(20)21-5)22-17(2,3)4)14(18)11-8-6-7-9-12(11)19-10;1-10-14(13(9-19)20-16(2,3)4)15(17)11-7-5-6-8-12(11)18-10/h6-9,15H,1-5H3;5-8,13,19H,9H2,1-4H3/t15-;13-/m01/s1. The summed E-state index contributed by atoms with van der Waals surface area (Å²) in [6.07, 6.45) is -1.13. The van der Waals surface area contributed by atoms with Gasteiger partial charge in [0, 0.05) is 40.4 Å². The molecule has 0 amide bonds. The highest BCUT2D eigenvalue weighted by atomic mass is 127. The SMILES string of the molecule is COC(=O)[C@@H](OC(C)(C)C)c1c(C)nc2ccccc2c1I.Cc1nc2ccccc2c(I)c1[C@@H](CO)OC(C)(C)C. The van der Waals surface area contributed by atoms with E-state index in [4.69, 9.17) is 14.2 Å². The lowest BCUT2D eigenvalue weighted by Crippen LogP contribution is -2.29. The number of aliphatic hydroxyl groups is 1. The first-order valence-corrected chi connectivity index (χ1v) is 15.9. The molecule has 4 aromatic rings. The maximum Gasteiger partial charge on any atom is 0.339 e. The molecule has 42 heavy (non-hydrogen) atoms. The number of carbonyl (C=O) groups excluding carboxylic acids is 1. The van der Waals surface area contributed by atoms with Crippen LogP contribution in [-0.2, 0) is 19.0 Å². The van der Waals surface area contributed by atoms with Gasteiger partial charge in [0.15, 0.2) is 6.10 Å². The van der Waals surface area contributed by atoms with Gasteiger partial charge in [-0.05, 0) is 113 Å². The molecule has 2 heterocycles. The summed E-state index contributed by atoms with van der Waals surface area (Å²) in [6, 6.07) is 15.9. The molecule has 0 fully saturated rings. The monoisotopic (exact) mass is 798 g/mol. The lowest BCUT2D eigenvalue weighted by atomic mass is 10.0. The Kier molecular flexibility index (Phi) is 11.7. The molecule has 4 rings (SSSR count). The zero-order valence-electron chi connectivity index (χ0n) is 25.7. The van der Waals surface area contributed by atoms with Gasteiger partial charge in [-0.25, -0.2) is 4.79 Å². The number of aromatic nitrogens is 2. The quantitative estimate of drug-likeness (QED) is 0.156. The minimum Gasteiger partial charge on any atom is -0.467 e. The molecule has 0 aliphatic rings. The van der Waals surface area contributed by atoms with E-state index in [0.29, 0.717) is 0 Å². The van der Waals surface area contributed by atoms with Crippen molar-refractivity contribution in [2.75, 3.05) is 13.7 Å². The molecule has 0 aliphatic carbocycles. The van der Waals surface area contributed by atoms with Crippen LogP contribution in [0.3, 0.4) is 0 Å². The highest BCUT2D eigenvalue weighted by Crippen LogP contribution is 2.35. The number of ether oxygens (including phenoxy) is 3.